The van der Waals surface area contributed by atoms with E-state index in [2.05, 4.69) is 5.32 Å². The standard InChI is InChI=1S/C17H23N3O5S3/c21-14(18-9-12-4-3-7-25-12)10-20-13-8-16(27-17(13)26-11-15(20)22)28(23,24)19-5-1-2-6-19/h8,12H,1-7,9-11H2,(H,18,21). The van der Waals surface area contributed by atoms with Gasteiger partial charge >= 0.3 is 0 Å². The molecule has 11 heteroatoms. The van der Waals surface area contributed by atoms with Gasteiger partial charge in [-0.15, -0.1) is 23.1 Å². The van der Waals surface area contributed by atoms with Gasteiger partial charge in [0.05, 0.1) is 21.8 Å². The normalized spacial score (nSPS) is 23.2. The first-order valence-corrected chi connectivity index (χ1v) is 12.6. The molecule has 2 fully saturated rings. The molecule has 1 unspecified atom stereocenters. The number of sulfonamides is 1. The number of anilines is 1. The third-order valence-corrected chi connectivity index (χ3v) is 9.82. The van der Waals surface area contributed by atoms with Gasteiger partial charge in [0.1, 0.15) is 10.8 Å². The van der Waals surface area contributed by atoms with Crippen LogP contribution in [0.15, 0.2) is 14.5 Å². The van der Waals surface area contributed by atoms with E-state index >= 15 is 0 Å². The summed E-state index contributed by atoms with van der Waals surface area (Å²) in [5.74, 6) is -0.250. The molecule has 0 radical (unpaired) electrons. The number of rotatable bonds is 6. The van der Waals surface area contributed by atoms with E-state index in [-0.39, 0.29) is 34.4 Å². The Kier molecular flexibility index (Phi) is 5.98. The van der Waals surface area contributed by atoms with E-state index in [1.165, 1.54) is 32.3 Å². The Balaban J connectivity index is 1.48. The predicted octanol–water partition coefficient (Wildman–Crippen LogP) is 1.27. The Morgan fingerprint density at radius 3 is 2.79 bits per heavy atom. The van der Waals surface area contributed by atoms with Crippen molar-refractivity contribution in [3.63, 3.8) is 0 Å². The molecule has 3 aliphatic rings. The Labute approximate surface area is 172 Å². The van der Waals surface area contributed by atoms with Crippen molar-refractivity contribution in [2.45, 2.75) is 40.2 Å². The van der Waals surface area contributed by atoms with Crippen molar-refractivity contribution in [1.29, 1.82) is 0 Å². The second-order valence-corrected chi connectivity index (χ2v) is 11.5. The van der Waals surface area contributed by atoms with Gasteiger partial charge < -0.3 is 15.0 Å². The van der Waals surface area contributed by atoms with Gasteiger partial charge in [-0.3, -0.25) is 9.59 Å². The van der Waals surface area contributed by atoms with Gasteiger partial charge in [0.2, 0.25) is 11.8 Å². The molecule has 0 saturated carbocycles. The van der Waals surface area contributed by atoms with E-state index in [1.807, 2.05) is 0 Å². The third-order valence-electron chi connectivity index (χ3n) is 5.09. The molecule has 28 heavy (non-hydrogen) atoms. The highest BCUT2D eigenvalue weighted by molar-refractivity contribution is 8.02. The number of fused-ring (bicyclic) bond motifs is 1. The average Bonchev–Trinajstić information content (AvgIpc) is 3.43. The van der Waals surface area contributed by atoms with Crippen molar-refractivity contribution >= 4 is 50.6 Å². The molecule has 8 nitrogen and oxygen atoms in total. The van der Waals surface area contributed by atoms with Crippen LogP contribution in [0.4, 0.5) is 5.69 Å². The van der Waals surface area contributed by atoms with Crippen LogP contribution in [0.5, 0.6) is 0 Å². The second-order valence-electron chi connectivity index (χ2n) is 7.06. The van der Waals surface area contributed by atoms with E-state index < -0.39 is 10.0 Å². The fourth-order valence-electron chi connectivity index (χ4n) is 3.56. The minimum atomic E-state index is -3.54. The smallest absolute Gasteiger partial charge is 0.252 e. The monoisotopic (exact) mass is 445 g/mol. The van der Waals surface area contributed by atoms with Crippen LogP contribution in [-0.4, -0.2) is 69.2 Å². The summed E-state index contributed by atoms with van der Waals surface area (Å²) in [6.07, 6.45) is 3.69. The molecule has 1 aromatic rings. The summed E-state index contributed by atoms with van der Waals surface area (Å²) in [7, 11) is -3.54. The van der Waals surface area contributed by atoms with Gasteiger partial charge in [0.25, 0.3) is 10.0 Å². The van der Waals surface area contributed by atoms with E-state index in [9.17, 15) is 18.0 Å². The average molecular weight is 446 g/mol. The SMILES string of the molecule is O=C(CN1C(=O)CSc2sc(S(=O)(=O)N3CCCC3)cc21)NCC1CCCO1. The zero-order chi connectivity index (χ0) is 19.7. The molecule has 0 spiro atoms. The summed E-state index contributed by atoms with van der Waals surface area (Å²) in [6, 6.07) is 1.55. The first kappa shape index (κ1) is 20.1. The van der Waals surface area contributed by atoms with Crippen LogP contribution in [0.25, 0.3) is 0 Å². The van der Waals surface area contributed by atoms with Crippen molar-refractivity contribution in [3.05, 3.63) is 6.07 Å². The lowest BCUT2D eigenvalue weighted by atomic mass is 10.2. The summed E-state index contributed by atoms with van der Waals surface area (Å²) in [5.41, 5.74) is 0.524. The van der Waals surface area contributed by atoms with Crippen LogP contribution < -0.4 is 10.2 Å². The van der Waals surface area contributed by atoms with Gasteiger partial charge in [0.15, 0.2) is 0 Å². The lowest BCUT2D eigenvalue weighted by Gasteiger charge is -2.26. The Hall–Kier alpha value is -1.14. The topological polar surface area (TPSA) is 96.0 Å². The Morgan fingerprint density at radius 1 is 1.29 bits per heavy atom. The van der Waals surface area contributed by atoms with Crippen molar-refractivity contribution < 1.29 is 22.7 Å². The Bertz CT molecular complexity index is 857. The lowest BCUT2D eigenvalue weighted by Crippen LogP contribution is -2.44. The number of ether oxygens (including phenoxy) is 1. The molecule has 1 N–H and O–H groups in total. The highest BCUT2D eigenvalue weighted by atomic mass is 32.3. The van der Waals surface area contributed by atoms with E-state index in [1.54, 1.807) is 6.07 Å². The summed E-state index contributed by atoms with van der Waals surface area (Å²) in [6.45, 7) is 2.10. The zero-order valence-electron chi connectivity index (χ0n) is 15.4. The van der Waals surface area contributed by atoms with E-state index in [0.29, 0.717) is 25.3 Å². The van der Waals surface area contributed by atoms with Gasteiger partial charge in [-0.1, -0.05) is 0 Å². The summed E-state index contributed by atoms with van der Waals surface area (Å²) >= 11 is 2.52. The van der Waals surface area contributed by atoms with E-state index in [0.717, 1.165) is 36.5 Å². The number of hydrogen-bond acceptors (Lipinski definition) is 7. The first-order valence-electron chi connectivity index (χ1n) is 9.40. The molecule has 0 bridgehead atoms. The van der Waals surface area contributed by atoms with Crippen LogP contribution in [0.3, 0.4) is 0 Å². The number of thioether (sulfide) groups is 1. The van der Waals surface area contributed by atoms with Gasteiger partial charge in [-0.25, -0.2) is 8.42 Å². The number of nitrogens with zero attached hydrogens (tertiary/aromatic N) is 2. The maximum atomic E-state index is 12.8. The fraction of sp³-hybridized carbons (Fsp3) is 0.647. The van der Waals surface area contributed by atoms with Crippen LogP contribution >= 0.6 is 23.1 Å². The van der Waals surface area contributed by atoms with Crippen LogP contribution in [-0.2, 0) is 24.3 Å². The molecule has 154 valence electrons. The third kappa shape index (κ3) is 4.09. The number of carbonyl (C=O) groups excluding carboxylic acids is 2. The van der Waals surface area contributed by atoms with Crippen LogP contribution in [0, 0.1) is 0 Å². The molecule has 1 aromatic heterocycles. The Morgan fingerprint density at radius 2 is 2.07 bits per heavy atom. The number of nitrogens with one attached hydrogen (secondary N) is 1. The number of carbonyl (C=O) groups is 2. The maximum Gasteiger partial charge on any atom is 0.252 e. The molecule has 0 aromatic carbocycles. The molecular formula is C17H23N3O5S3. The molecule has 3 aliphatic heterocycles. The molecule has 4 rings (SSSR count). The number of thiophene rings is 1. The largest absolute Gasteiger partial charge is 0.376 e. The van der Waals surface area contributed by atoms with Gasteiger partial charge in [0, 0.05) is 26.2 Å². The highest BCUT2D eigenvalue weighted by Crippen LogP contribution is 2.44. The number of amides is 2. The minimum absolute atomic E-state index is 0.0329. The molecule has 4 heterocycles. The van der Waals surface area contributed by atoms with Crippen LogP contribution in [0.1, 0.15) is 25.7 Å². The maximum absolute atomic E-state index is 12.8. The molecule has 2 saturated heterocycles. The molecular weight excluding hydrogens is 422 g/mol. The molecule has 2 amide bonds. The quantitative estimate of drug-likeness (QED) is 0.708. The fourth-order valence-corrected chi connectivity index (χ4v) is 8.00. The second kappa shape index (κ2) is 8.31. The van der Waals surface area contributed by atoms with E-state index in [4.69, 9.17) is 4.74 Å². The molecule has 1 atom stereocenters. The summed E-state index contributed by atoms with van der Waals surface area (Å²) in [5, 5.41) is 2.82. The summed E-state index contributed by atoms with van der Waals surface area (Å²) < 4.78 is 33.7. The van der Waals surface area contributed by atoms with Gasteiger partial charge in [-0.05, 0) is 31.7 Å². The zero-order valence-corrected chi connectivity index (χ0v) is 17.8. The van der Waals surface area contributed by atoms with Crippen molar-refractivity contribution in [2.75, 3.05) is 43.4 Å². The van der Waals surface area contributed by atoms with Crippen LogP contribution in [0.2, 0.25) is 0 Å². The highest BCUT2D eigenvalue weighted by Gasteiger charge is 2.34. The number of hydrogen-bond donors (Lipinski definition) is 1. The first-order chi connectivity index (χ1) is 13.4. The van der Waals surface area contributed by atoms with Crippen molar-refractivity contribution in [2.24, 2.45) is 0 Å². The minimum Gasteiger partial charge on any atom is -0.376 e. The lowest BCUT2D eigenvalue weighted by molar-refractivity contribution is -0.123. The van der Waals surface area contributed by atoms with Crippen molar-refractivity contribution in [3.8, 4) is 0 Å². The van der Waals surface area contributed by atoms with Gasteiger partial charge in [-0.2, -0.15) is 4.31 Å². The predicted molar refractivity (Wildman–Crippen MR) is 107 cm³/mol. The molecule has 0 aliphatic carbocycles. The van der Waals surface area contributed by atoms with Crippen molar-refractivity contribution in [1.82, 2.24) is 9.62 Å². The summed E-state index contributed by atoms with van der Waals surface area (Å²) in [4.78, 5) is 26.2.